The molecule has 0 aliphatic heterocycles. The third-order valence-electron chi connectivity index (χ3n) is 2.76. The van der Waals surface area contributed by atoms with Crippen molar-refractivity contribution in [3.05, 3.63) is 29.8 Å². The molecule has 0 aliphatic carbocycles. The molecular weight excluding hydrogens is 252 g/mol. The summed E-state index contributed by atoms with van der Waals surface area (Å²) in [7, 11) is 2.00. The zero-order valence-corrected chi connectivity index (χ0v) is 13.2. The molecule has 4 heteroatoms. The van der Waals surface area contributed by atoms with Crippen LogP contribution in [0.3, 0.4) is 0 Å². The van der Waals surface area contributed by atoms with Gasteiger partial charge in [0.2, 0.25) is 0 Å². The SMILES string of the molecule is Cc1cccc(OCC[NH+](C)CC(=O)NC(C)(C)C)c1. The third-order valence-corrected chi connectivity index (χ3v) is 2.76. The first-order valence-corrected chi connectivity index (χ1v) is 7.08. The van der Waals surface area contributed by atoms with Crippen LogP contribution in [0, 0.1) is 6.92 Å². The predicted octanol–water partition coefficient (Wildman–Crippen LogP) is 0.803. The van der Waals surface area contributed by atoms with Gasteiger partial charge in [-0.05, 0) is 45.4 Å². The monoisotopic (exact) mass is 279 g/mol. The number of likely N-dealkylation sites (N-methyl/N-ethyl adjacent to an activating group) is 1. The molecule has 0 bridgehead atoms. The van der Waals surface area contributed by atoms with E-state index in [0.717, 1.165) is 17.2 Å². The zero-order valence-electron chi connectivity index (χ0n) is 13.2. The Labute approximate surface area is 122 Å². The molecule has 1 rings (SSSR count). The van der Waals surface area contributed by atoms with Crippen molar-refractivity contribution in [2.45, 2.75) is 33.2 Å². The number of benzene rings is 1. The Bertz CT molecular complexity index is 438. The fraction of sp³-hybridized carbons (Fsp3) is 0.562. The maximum Gasteiger partial charge on any atom is 0.275 e. The molecule has 0 aliphatic rings. The fourth-order valence-corrected chi connectivity index (χ4v) is 1.87. The van der Waals surface area contributed by atoms with E-state index in [-0.39, 0.29) is 11.4 Å². The van der Waals surface area contributed by atoms with Gasteiger partial charge in [0.1, 0.15) is 18.9 Å². The minimum absolute atomic E-state index is 0.0746. The summed E-state index contributed by atoms with van der Waals surface area (Å²) in [5.41, 5.74) is 1.02. The van der Waals surface area contributed by atoms with Crippen LogP contribution in [0.25, 0.3) is 0 Å². The van der Waals surface area contributed by atoms with E-state index in [0.29, 0.717) is 13.2 Å². The van der Waals surface area contributed by atoms with E-state index in [2.05, 4.69) is 5.32 Å². The maximum absolute atomic E-state index is 11.8. The highest BCUT2D eigenvalue weighted by Gasteiger charge is 2.16. The average Bonchev–Trinajstić information content (AvgIpc) is 2.25. The fourth-order valence-electron chi connectivity index (χ4n) is 1.87. The number of amides is 1. The Morgan fingerprint density at radius 3 is 2.65 bits per heavy atom. The number of carbonyl (C=O) groups excluding carboxylic acids is 1. The van der Waals surface area contributed by atoms with Gasteiger partial charge in [-0.25, -0.2) is 0 Å². The van der Waals surface area contributed by atoms with E-state index < -0.39 is 0 Å². The summed E-state index contributed by atoms with van der Waals surface area (Å²) in [6.07, 6.45) is 0. The van der Waals surface area contributed by atoms with Crippen LogP contribution < -0.4 is 15.0 Å². The Kier molecular flexibility index (Phi) is 6.02. The van der Waals surface area contributed by atoms with Crippen molar-refractivity contribution in [1.29, 1.82) is 0 Å². The molecule has 0 aromatic heterocycles. The Morgan fingerprint density at radius 2 is 2.05 bits per heavy atom. The molecule has 0 fully saturated rings. The van der Waals surface area contributed by atoms with Gasteiger partial charge in [-0.1, -0.05) is 12.1 Å². The van der Waals surface area contributed by atoms with Gasteiger partial charge in [-0.3, -0.25) is 4.79 Å². The molecule has 0 heterocycles. The third kappa shape index (κ3) is 7.14. The molecule has 1 atom stereocenters. The quantitative estimate of drug-likeness (QED) is 0.809. The highest BCUT2D eigenvalue weighted by molar-refractivity contribution is 5.77. The van der Waals surface area contributed by atoms with Crippen LogP contribution in [-0.2, 0) is 4.79 Å². The standard InChI is InChI=1S/C16H26N2O2/c1-13-7-6-8-14(11-13)20-10-9-18(5)12-15(19)17-16(2,3)4/h6-8,11H,9-10,12H2,1-5H3,(H,17,19)/p+1. The molecule has 1 aromatic rings. The van der Waals surface area contributed by atoms with Crippen molar-refractivity contribution in [2.24, 2.45) is 0 Å². The van der Waals surface area contributed by atoms with Crippen molar-refractivity contribution in [3.63, 3.8) is 0 Å². The lowest BCUT2D eigenvalue weighted by molar-refractivity contribution is -0.871. The van der Waals surface area contributed by atoms with Crippen LogP contribution in [0.15, 0.2) is 24.3 Å². The van der Waals surface area contributed by atoms with Crippen molar-refractivity contribution in [2.75, 3.05) is 26.7 Å². The molecule has 4 nitrogen and oxygen atoms in total. The number of carbonyl (C=O) groups is 1. The minimum atomic E-state index is -0.171. The molecule has 0 saturated carbocycles. The second kappa shape index (κ2) is 7.29. The van der Waals surface area contributed by atoms with Gasteiger partial charge in [-0.15, -0.1) is 0 Å². The first kappa shape index (κ1) is 16.5. The minimum Gasteiger partial charge on any atom is -0.488 e. The van der Waals surface area contributed by atoms with Crippen LogP contribution in [0.2, 0.25) is 0 Å². The van der Waals surface area contributed by atoms with Gasteiger partial charge >= 0.3 is 0 Å². The largest absolute Gasteiger partial charge is 0.488 e. The number of aryl methyl sites for hydroxylation is 1. The molecular formula is C16H27N2O2+. The number of hydrogen-bond acceptors (Lipinski definition) is 2. The molecule has 20 heavy (non-hydrogen) atoms. The molecule has 0 radical (unpaired) electrons. The van der Waals surface area contributed by atoms with E-state index in [4.69, 9.17) is 4.74 Å². The lowest BCUT2D eigenvalue weighted by Gasteiger charge is -2.22. The molecule has 112 valence electrons. The molecule has 0 saturated heterocycles. The van der Waals surface area contributed by atoms with E-state index in [9.17, 15) is 4.79 Å². The van der Waals surface area contributed by atoms with E-state index in [1.807, 2.05) is 59.0 Å². The summed E-state index contributed by atoms with van der Waals surface area (Å²) >= 11 is 0. The van der Waals surface area contributed by atoms with Gasteiger partial charge in [-0.2, -0.15) is 0 Å². The summed E-state index contributed by atoms with van der Waals surface area (Å²) in [6, 6.07) is 8.00. The number of ether oxygens (including phenoxy) is 1. The molecule has 2 N–H and O–H groups in total. The zero-order chi connectivity index (χ0) is 15.2. The van der Waals surface area contributed by atoms with E-state index in [1.165, 1.54) is 5.56 Å². The highest BCUT2D eigenvalue weighted by Crippen LogP contribution is 2.11. The van der Waals surface area contributed by atoms with Crippen molar-refractivity contribution >= 4 is 5.91 Å². The maximum atomic E-state index is 11.8. The number of hydrogen-bond donors (Lipinski definition) is 2. The van der Waals surface area contributed by atoms with Crippen LogP contribution in [0.5, 0.6) is 5.75 Å². The number of nitrogens with one attached hydrogen (secondary N) is 2. The molecule has 1 aromatic carbocycles. The summed E-state index contributed by atoms with van der Waals surface area (Å²) in [5, 5.41) is 2.97. The average molecular weight is 279 g/mol. The van der Waals surface area contributed by atoms with Gasteiger partial charge in [0.25, 0.3) is 5.91 Å². The number of rotatable bonds is 6. The first-order chi connectivity index (χ1) is 9.26. The molecule has 0 spiro atoms. The van der Waals surface area contributed by atoms with Crippen LogP contribution in [0.4, 0.5) is 0 Å². The molecule has 1 unspecified atom stereocenters. The van der Waals surface area contributed by atoms with Gasteiger partial charge in [0, 0.05) is 5.54 Å². The first-order valence-electron chi connectivity index (χ1n) is 7.08. The Balaban J connectivity index is 2.26. The summed E-state index contributed by atoms with van der Waals surface area (Å²) < 4.78 is 5.69. The second-order valence-electron chi connectivity index (χ2n) is 6.35. The summed E-state index contributed by atoms with van der Waals surface area (Å²) in [6.45, 7) is 9.88. The topological polar surface area (TPSA) is 42.8 Å². The lowest BCUT2D eigenvalue weighted by Crippen LogP contribution is -3.11. The normalized spacial score (nSPS) is 12.8. The summed E-state index contributed by atoms with van der Waals surface area (Å²) in [4.78, 5) is 12.9. The van der Waals surface area contributed by atoms with Crippen molar-refractivity contribution in [1.82, 2.24) is 5.32 Å². The lowest BCUT2D eigenvalue weighted by atomic mass is 10.1. The van der Waals surface area contributed by atoms with Crippen LogP contribution in [0.1, 0.15) is 26.3 Å². The van der Waals surface area contributed by atoms with Gasteiger partial charge < -0.3 is 15.0 Å². The van der Waals surface area contributed by atoms with Gasteiger partial charge in [0.05, 0.1) is 7.05 Å². The second-order valence-corrected chi connectivity index (χ2v) is 6.35. The number of quaternary nitrogens is 1. The Hall–Kier alpha value is -1.55. The summed E-state index contributed by atoms with van der Waals surface area (Å²) in [5.74, 6) is 0.961. The highest BCUT2D eigenvalue weighted by atomic mass is 16.5. The van der Waals surface area contributed by atoms with Crippen LogP contribution in [-0.4, -0.2) is 38.2 Å². The smallest absolute Gasteiger partial charge is 0.275 e. The van der Waals surface area contributed by atoms with Crippen molar-refractivity contribution < 1.29 is 14.4 Å². The molecule has 1 amide bonds. The van der Waals surface area contributed by atoms with Gasteiger partial charge in [0.15, 0.2) is 6.54 Å². The Morgan fingerprint density at radius 1 is 1.35 bits per heavy atom. The van der Waals surface area contributed by atoms with E-state index >= 15 is 0 Å². The predicted molar refractivity (Wildman–Crippen MR) is 81.2 cm³/mol. The van der Waals surface area contributed by atoms with Crippen LogP contribution >= 0.6 is 0 Å². The van der Waals surface area contributed by atoms with E-state index in [1.54, 1.807) is 0 Å². The van der Waals surface area contributed by atoms with Crippen molar-refractivity contribution in [3.8, 4) is 5.75 Å².